The lowest BCUT2D eigenvalue weighted by Crippen LogP contribution is -2.55. The Balaban J connectivity index is 2.04. The van der Waals surface area contributed by atoms with Gasteiger partial charge in [-0.2, -0.15) is 0 Å². The zero-order chi connectivity index (χ0) is 21.2. The van der Waals surface area contributed by atoms with E-state index in [-0.39, 0.29) is 24.7 Å². The monoisotopic (exact) mass is 399 g/mol. The highest BCUT2D eigenvalue weighted by Gasteiger charge is 2.28. The van der Waals surface area contributed by atoms with Crippen molar-refractivity contribution in [3.05, 3.63) is 54.1 Å². The number of benzene rings is 1. The van der Waals surface area contributed by atoms with Gasteiger partial charge in [-0.3, -0.25) is 14.4 Å². The average molecular weight is 399 g/mol. The summed E-state index contributed by atoms with van der Waals surface area (Å²) in [6.07, 6.45) is 4.84. The molecule has 0 spiro atoms. The molecule has 5 N–H and O–H groups in total. The van der Waals surface area contributed by atoms with E-state index in [1.165, 1.54) is 6.33 Å². The van der Waals surface area contributed by atoms with Crippen molar-refractivity contribution in [1.82, 2.24) is 20.6 Å². The summed E-state index contributed by atoms with van der Waals surface area (Å²) in [7, 11) is 0. The van der Waals surface area contributed by atoms with Crippen molar-refractivity contribution >= 4 is 17.7 Å². The minimum Gasteiger partial charge on any atom is -0.368 e. The van der Waals surface area contributed by atoms with Gasteiger partial charge in [0, 0.05) is 24.7 Å². The molecular formula is C21H29N5O3. The van der Waals surface area contributed by atoms with Crippen LogP contribution in [0.1, 0.15) is 37.9 Å². The van der Waals surface area contributed by atoms with Crippen molar-refractivity contribution < 1.29 is 14.4 Å². The van der Waals surface area contributed by atoms with Crippen LogP contribution in [-0.4, -0.2) is 39.8 Å². The molecule has 2 rings (SSSR count). The first-order valence-electron chi connectivity index (χ1n) is 9.81. The number of primary amides is 1. The van der Waals surface area contributed by atoms with Gasteiger partial charge >= 0.3 is 0 Å². The molecule has 0 aliphatic heterocycles. The van der Waals surface area contributed by atoms with E-state index in [0.717, 1.165) is 5.56 Å². The summed E-state index contributed by atoms with van der Waals surface area (Å²) in [4.78, 5) is 43.9. The molecule has 0 bridgehead atoms. The number of aromatic amines is 1. The lowest BCUT2D eigenvalue weighted by atomic mass is 9.98. The van der Waals surface area contributed by atoms with Gasteiger partial charge < -0.3 is 21.4 Å². The van der Waals surface area contributed by atoms with Crippen molar-refractivity contribution in [2.24, 2.45) is 11.7 Å². The van der Waals surface area contributed by atoms with Crippen molar-refractivity contribution in [2.45, 2.75) is 51.6 Å². The summed E-state index contributed by atoms with van der Waals surface area (Å²) in [5, 5.41) is 5.47. The van der Waals surface area contributed by atoms with Crippen LogP contribution in [0, 0.1) is 5.92 Å². The SMILES string of the molecule is CCC(C)[C@H](NC(=O)[C@H](Cc1cnc[nH]1)NC(=O)CCc1ccccc1)C(N)=O. The molecule has 1 aromatic carbocycles. The van der Waals surface area contributed by atoms with Gasteiger partial charge in [0.2, 0.25) is 17.7 Å². The van der Waals surface area contributed by atoms with Crippen LogP contribution >= 0.6 is 0 Å². The van der Waals surface area contributed by atoms with Gasteiger partial charge in [-0.05, 0) is 17.9 Å². The molecule has 0 radical (unpaired) electrons. The number of nitrogens with zero attached hydrogens (tertiary/aromatic N) is 1. The quantitative estimate of drug-likeness (QED) is 0.450. The van der Waals surface area contributed by atoms with Crippen LogP contribution in [-0.2, 0) is 27.2 Å². The number of hydrogen-bond acceptors (Lipinski definition) is 4. The minimum atomic E-state index is -0.843. The number of imidazole rings is 1. The van der Waals surface area contributed by atoms with Gasteiger partial charge in [-0.25, -0.2) is 4.98 Å². The number of hydrogen-bond donors (Lipinski definition) is 4. The molecule has 0 fully saturated rings. The van der Waals surface area contributed by atoms with Crippen LogP contribution in [0.3, 0.4) is 0 Å². The number of amides is 3. The fraction of sp³-hybridized carbons (Fsp3) is 0.429. The second-order valence-electron chi connectivity index (χ2n) is 7.16. The largest absolute Gasteiger partial charge is 0.368 e. The van der Waals surface area contributed by atoms with Crippen LogP contribution < -0.4 is 16.4 Å². The van der Waals surface area contributed by atoms with Crippen LogP contribution in [0.2, 0.25) is 0 Å². The van der Waals surface area contributed by atoms with E-state index in [1.54, 1.807) is 6.20 Å². The Kier molecular flexibility index (Phi) is 8.39. The van der Waals surface area contributed by atoms with E-state index in [0.29, 0.717) is 18.5 Å². The predicted molar refractivity (Wildman–Crippen MR) is 110 cm³/mol. The Morgan fingerprint density at radius 2 is 1.90 bits per heavy atom. The molecule has 1 unspecified atom stereocenters. The molecule has 3 atom stereocenters. The lowest BCUT2D eigenvalue weighted by Gasteiger charge is -2.25. The van der Waals surface area contributed by atoms with E-state index < -0.39 is 23.9 Å². The maximum atomic E-state index is 12.8. The maximum absolute atomic E-state index is 12.8. The number of carbonyl (C=O) groups excluding carboxylic acids is 3. The highest BCUT2D eigenvalue weighted by Crippen LogP contribution is 2.09. The molecule has 8 nitrogen and oxygen atoms in total. The number of nitrogens with two attached hydrogens (primary N) is 1. The number of aryl methyl sites for hydroxylation is 1. The topological polar surface area (TPSA) is 130 Å². The fourth-order valence-corrected chi connectivity index (χ4v) is 2.98. The number of aromatic nitrogens is 2. The van der Waals surface area contributed by atoms with E-state index in [2.05, 4.69) is 20.6 Å². The molecule has 8 heteroatoms. The fourth-order valence-electron chi connectivity index (χ4n) is 2.98. The predicted octanol–water partition coefficient (Wildman–Crippen LogP) is 1.09. The normalized spacial score (nSPS) is 13.9. The molecule has 3 amide bonds. The van der Waals surface area contributed by atoms with Crippen LogP contribution in [0.4, 0.5) is 0 Å². The summed E-state index contributed by atoms with van der Waals surface area (Å²) in [6.45, 7) is 3.76. The van der Waals surface area contributed by atoms with Crippen molar-refractivity contribution in [2.75, 3.05) is 0 Å². The molecule has 1 aromatic heterocycles. The van der Waals surface area contributed by atoms with Gasteiger partial charge in [0.05, 0.1) is 6.33 Å². The first kappa shape index (κ1) is 22.1. The van der Waals surface area contributed by atoms with Gasteiger partial charge in [0.25, 0.3) is 0 Å². The van der Waals surface area contributed by atoms with Gasteiger partial charge in [-0.15, -0.1) is 0 Å². The molecule has 156 valence electrons. The number of carbonyl (C=O) groups is 3. The zero-order valence-corrected chi connectivity index (χ0v) is 16.9. The Labute approximate surface area is 170 Å². The Morgan fingerprint density at radius 3 is 2.48 bits per heavy atom. The molecule has 0 saturated heterocycles. The summed E-state index contributed by atoms with van der Waals surface area (Å²) < 4.78 is 0. The smallest absolute Gasteiger partial charge is 0.243 e. The molecule has 2 aromatic rings. The average Bonchev–Trinajstić information content (AvgIpc) is 3.23. The van der Waals surface area contributed by atoms with Crippen LogP contribution in [0.25, 0.3) is 0 Å². The molecular weight excluding hydrogens is 370 g/mol. The highest BCUT2D eigenvalue weighted by molar-refractivity contribution is 5.91. The van der Waals surface area contributed by atoms with Crippen molar-refractivity contribution in [1.29, 1.82) is 0 Å². The third kappa shape index (κ3) is 7.06. The van der Waals surface area contributed by atoms with Gasteiger partial charge in [0.15, 0.2) is 0 Å². The van der Waals surface area contributed by atoms with Crippen LogP contribution in [0.5, 0.6) is 0 Å². The van der Waals surface area contributed by atoms with Crippen LogP contribution in [0.15, 0.2) is 42.9 Å². The first-order chi connectivity index (χ1) is 13.9. The van der Waals surface area contributed by atoms with Crippen molar-refractivity contribution in [3.63, 3.8) is 0 Å². The standard InChI is InChI=1S/C21H29N5O3/c1-3-14(2)19(20(22)28)26-21(29)17(11-16-12-23-13-24-16)25-18(27)10-9-15-7-5-4-6-8-15/h4-8,12-14,17,19H,3,9-11H2,1-2H3,(H2,22,28)(H,23,24)(H,25,27)(H,26,29)/t14?,17-,19-/m0/s1. The summed E-state index contributed by atoms with van der Waals surface area (Å²) in [5.74, 6) is -1.40. The minimum absolute atomic E-state index is 0.113. The van der Waals surface area contributed by atoms with Gasteiger partial charge in [0.1, 0.15) is 12.1 Å². The second-order valence-corrected chi connectivity index (χ2v) is 7.16. The van der Waals surface area contributed by atoms with E-state index in [9.17, 15) is 14.4 Å². The molecule has 0 aliphatic carbocycles. The van der Waals surface area contributed by atoms with Gasteiger partial charge in [-0.1, -0.05) is 50.6 Å². The third-order valence-corrected chi connectivity index (χ3v) is 4.93. The number of H-pyrrole nitrogens is 1. The first-order valence-corrected chi connectivity index (χ1v) is 9.81. The van der Waals surface area contributed by atoms with E-state index in [1.807, 2.05) is 44.2 Å². The highest BCUT2D eigenvalue weighted by atomic mass is 16.2. The maximum Gasteiger partial charge on any atom is 0.243 e. The molecule has 0 saturated carbocycles. The zero-order valence-electron chi connectivity index (χ0n) is 16.9. The molecule has 1 heterocycles. The Bertz CT molecular complexity index is 792. The summed E-state index contributed by atoms with van der Waals surface area (Å²) in [6, 6.07) is 8.02. The second kappa shape index (κ2) is 11.0. The third-order valence-electron chi connectivity index (χ3n) is 4.93. The Hall–Kier alpha value is -3.16. The molecule has 29 heavy (non-hydrogen) atoms. The lowest BCUT2D eigenvalue weighted by molar-refractivity contribution is -0.132. The number of nitrogens with one attached hydrogen (secondary N) is 3. The Morgan fingerprint density at radius 1 is 1.17 bits per heavy atom. The number of rotatable bonds is 11. The van der Waals surface area contributed by atoms with E-state index >= 15 is 0 Å². The summed E-state index contributed by atoms with van der Waals surface area (Å²) in [5.41, 5.74) is 7.20. The van der Waals surface area contributed by atoms with Crippen molar-refractivity contribution in [3.8, 4) is 0 Å². The summed E-state index contributed by atoms with van der Waals surface area (Å²) >= 11 is 0. The van der Waals surface area contributed by atoms with E-state index in [4.69, 9.17) is 5.73 Å². The molecule has 0 aliphatic rings.